The van der Waals surface area contributed by atoms with Crippen molar-refractivity contribution in [1.82, 2.24) is 0 Å². The topological polar surface area (TPSA) is 68.3 Å². The van der Waals surface area contributed by atoms with Crippen molar-refractivity contribution in [3.63, 3.8) is 0 Å². The van der Waals surface area contributed by atoms with Gasteiger partial charge in [0.25, 0.3) is 0 Å². The fourth-order valence-electron chi connectivity index (χ4n) is 3.24. The molecule has 1 aromatic heterocycles. The highest BCUT2D eigenvalue weighted by molar-refractivity contribution is 8.02. The number of thiophene rings is 1. The van der Waals surface area contributed by atoms with Crippen LogP contribution in [0.3, 0.4) is 0 Å². The molecule has 2 aromatic rings. The summed E-state index contributed by atoms with van der Waals surface area (Å²) in [6.07, 6.45) is 1.52. The van der Waals surface area contributed by atoms with Gasteiger partial charge < -0.3 is 0 Å². The van der Waals surface area contributed by atoms with Crippen LogP contribution in [0.2, 0.25) is 0 Å². The Hall–Kier alpha value is -1.96. The van der Waals surface area contributed by atoms with E-state index < -0.39 is 19.7 Å². The quantitative estimate of drug-likeness (QED) is 0.779. The van der Waals surface area contributed by atoms with Crippen molar-refractivity contribution in [3.8, 4) is 0 Å². The van der Waals surface area contributed by atoms with Gasteiger partial charge in [0.05, 0.1) is 14.7 Å². The Morgan fingerprint density at radius 1 is 0.920 bits per heavy atom. The SMILES string of the molecule is CC1=C(C2=C(c3sccc3C)S(=O)(=O)c3ccccc32)S(=O)(=O)C=C1. The molecule has 0 radical (unpaired) electrons. The Morgan fingerprint density at radius 2 is 1.64 bits per heavy atom. The van der Waals surface area contributed by atoms with Gasteiger partial charge in [-0.05, 0) is 48.6 Å². The minimum absolute atomic E-state index is 0.0869. The first-order chi connectivity index (χ1) is 11.7. The molecule has 0 spiro atoms. The molecule has 3 heterocycles. The van der Waals surface area contributed by atoms with E-state index in [0.717, 1.165) is 11.0 Å². The summed E-state index contributed by atoms with van der Waals surface area (Å²) < 4.78 is 51.7. The van der Waals surface area contributed by atoms with Gasteiger partial charge >= 0.3 is 0 Å². The van der Waals surface area contributed by atoms with Crippen molar-refractivity contribution >= 4 is 41.5 Å². The second kappa shape index (κ2) is 5.27. The summed E-state index contributed by atoms with van der Waals surface area (Å²) in [5.41, 5.74) is 2.11. The lowest BCUT2D eigenvalue weighted by atomic mass is 10.0. The fourth-order valence-corrected chi connectivity index (χ4v) is 8.00. The summed E-state index contributed by atoms with van der Waals surface area (Å²) in [5, 5.41) is 2.95. The summed E-state index contributed by atoms with van der Waals surface area (Å²) in [5.74, 6) is 0. The van der Waals surface area contributed by atoms with E-state index in [2.05, 4.69) is 0 Å². The zero-order valence-corrected chi connectivity index (χ0v) is 15.9. The molecule has 128 valence electrons. The highest BCUT2D eigenvalue weighted by Gasteiger charge is 2.42. The number of benzene rings is 1. The lowest BCUT2D eigenvalue weighted by molar-refractivity contribution is 0.606. The third-order valence-electron chi connectivity index (χ3n) is 4.38. The number of hydrogen-bond acceptors (Lipinski definition) is 5. The zero-order chi connectivity index (χ0) is 18.0. The van der Waals surface area contributed by atoms with E-state index in [1.54, 1.807) is 25.1 Å². The predicted octanol–water partition coefficient (Wildman–Crippen LogP) is 3.93. The van der Waals surface area contributed by atoms with Crippen LogP contribution < -0.4 is 0 Å². The minimum atomic E-state index is -3.79. The molecule has 0 amide bonds. The second-order valence-electron chi connectivity index (χ2n) is 6.00. The van der Waals surface area contributed by atoms with Crippen molar-refractivity contribution in [2.75, 3.05) is 0 Å². The van der Waals surface area contributed by atoms with Crippen LogP contribution in [0.1, 0.15) is 22.9 Å². The van der Waals surface area contributed by atoms with Crippen LogP contribution in [-0.2, 0) is 19.7 Å². The van der Waals surface area contributed by atoms with Crippen molar-refractivity contribution in [2.24, 2.45) is 0 Å². The molecule has 7 heteroatoms. The number of allylic oxidation sites excluding steroid dienone is 3. The summed E-state index contributed by atoms with van der Waals surface area (Å²) in [6.45, 7) is 3.52. The molecular formula is C18H14O4S3. The van der Waals surface area contributed by atoms with Gasteiger partial charge in [-0.25, -0.2) is 16.8 Å². The van der Waals surface area contributed by atoms with Gasteiger partial charge in [0, 0.05) is 21.4 Å². The summed E-state index contributed by atoms with van der Waals surface area (Å²) in [6, 6.07) is 8.42. The van der Waals surface area contributed by atoms with E-state index in [0.29, 0.717) is 21.6 Å². The third-order valence-corrected chi connectivity index (χ3v) is 9.01. The molecule has 0 bridgehead atoms. The van der Waals surface area contributed by atoms with E-state index in [1.165, 1.54) is 23.5 Å². The molecule has 0 N–H and O–H groups in total. The van der Waals surface area contributed by atoms with E-state index in [1.807, 2.05) is 18.4 Å². The average Bonchev–Trinajstić information content (AvgIpc) is 3.14. The van der Waals surface area contributed by atoms with Gasteiger partial charge in [0.15, 0.2) is 0 Å². The van der Waals surface area contributed by atoms with Crippen molar-refractivity contribution in [3.05, 3.63) is 73.7 Å². The number of fused-ring (bicyclic) bond motifs is 1. The molecular weight excluding hydrogens is 376 g/mol. The number of aryl methyl sites for hydroxylation is 1. The highest BCUT2D eigenvalue weighted by atomic mass is 32.2. The fraction of sp³-hybridized carbons (Fsp3) is 0.111. The molecule has 1 aromatic carbocycles. The summed E-state index contributed by atoms with van der Waals surface area (Å²) >= 11 is 1.31. The van der Waals surface area contributed by atoms with Crippen molar-refractivity contribution in [2.45, 2.75) is 18.7 Å². The van der Waals surface area contributed by atoms with Crippen LogP contribution >= 0.6 is 11.3 Å². The number of hydrogen-bond donors (Lipinski definition) is 0. The Labute approximate surface area is 150 Å². The lowest BCUT2D eigenvalue weighted by Gasteiger charge is -2.10. The molecule has 0 atom stereocenters. The predicted molar refractivity (Wildman–Crippen MR) is 100 cm³/mol. The molecule has 0 saturated heterocycles. The monoisotopic (exact) mass is 390 g/mol. The molecule has 4 rings (SSSR count). The summed E-state index contributed by atoms with van der Waals surface area (Å²) in [7, 11) is -7.46. The van der Waals surface area contributed by atoms with E-state index >= 15 is 0 Å². The van der Waals surface area contributed by atoms with E-state index in [4.69, 9.17) is 0 Å². The molecule has 0 aliphatic carbocycles. The Morgan fingerprint density at radius 3 is 2.24 bits per heavy atom. The highest BCUT2D eigenvalue weighted by Crippen LogP contribution is 2.51. The maximum absolute atomic E-state index is 13.2. The molecule has 0 fully saturated rings. The molecule has 0 unspecified atom stereocenters. The lowest BCUT2D eigenvalue weighted by Crippen LogP contribution is -2.03. The minimum Gasteiger partial charge on any atom is -0.219 e. The van der Waals surface area contributed by atoms with Crippen LogP contribution in [0.5, 0.6) is 0 Å². The first kappa shape index (κ1) is 16.5. The number of sulfone groups is 2. The van der Waals surface area contributed by atoms with Gasteiger partial charge in [-0.15, -0.1) is 11.3 Å². The number of rotatable bonds is 2. The molecule has 2 aliphatic heterocycles. The Balaban J connectivity index is 2.20. The van der Waals surface area contributed by atoms with Gasteiger partial charge in [-0.3, -0.25) is 0 Å². The van der Waals surface area contributed by atoms with Crippen molar-refractivity contribution in [1.29, 1.82) is 0 Å². The van der Waals surface area contributed by atoms with Gasteiger partial charge in [-0.2, -0.15) is 0 Å². The average molecular weight is 391 g/mol. The zero-order valence-electron chi connectivity index (χ0n) is 13.5. The van der Waals surface area contributed by atoms with Crippen LogP contribution in [0, 0.1) is 6.92 Å². The molecule has 2 aliphatic rings. The molecule has 4 nitrogen and oxygen atoms in total. The summed E-state index contributed by atoms with van der Waals surface area (Å²) in [4.78, 5) is 0.940. The van der Waals surface area contributed by atoms with E-state index in [9.17, 15) is 16.8 Å². The van der Waals surface area contributed by atoms with Crippen molar-refractivity contribution < 1.29 is 16.8 Å². The van der Waals surface area contributed by atoms with Gasteiger partial charge in [0.1, 0.15) is 0 Å². The maximum atomic E-state index is 13.2. The third kappa shape index (κ3) is 2.23. The Bertz CT molecular complexity index is 1220. The molecule has 25 heavy (non-hydrogen) atoms. The molecule has 0 saturated carbocycles. The van der Waals surface area contributed by atoms with Crippen LogP contribution in [0.15, 0.2) is 62.6 Å². The maximum Gasteiger partial charge on any atom is 0.209 e. The van der Waals surface area contributed by atoms with Crippen LogP contribution in [0.25, 0.3) is 10.5 Å². The van der Waals surface area contributed by atoms with E-state index in [-0.39, 0.29) is 14.7 Å². The standard InChI is InChI=1S/C18H14O4S3/c1-11-7-9-23-16(11)18-15(17-12(2)8-10-24(17,19)20)13-5-3-4-6-14(13)25(18,21)22/h3-10H,1-2H3. The Kier molecular flexibility index (Phi) is 3.48. The van der Waals surface area contributed by atoms with Gasteiger partial charge in [-0.1, -0.05) is 18.2 Å². The van der Waals surface area contributed by atoms with Gasteiger partial charge in [0.2, 0.25) is 19.7 Å². The van der Waals surface area contributed by atoms with Crippen LogP contribution in [-0.4, -0.2) is 16.8 Å². The largest absolute Gasteiger partial charge is 0.219 e. The second-order valence-corrected chi connectivity index (χ2v) is 10.5. The van der Waals surface area contributed by atoms with Crippen LogP contribution in [0.4, 0.5) is 0 Å². The first-order valence-corrected chi connectivity index (χ1v) is 11.4. The first-order valence-electron chi connectivity index (χ1n) is 7.53. The normalized spacial score (nSPS) is 20.4. The smallest absolute Gasteiger partial charge is 0.209 e.